The fourth-order valence-corrected chi connectivity index (χ4v) is 2.94. The summed E-state index contributed by atoms with van der Waals surface area (Å²) in [6.45, 7) is 4.04. The van der Waals surface area contributed by atoms with Crippen LogP contribution in [0.3, 0.4) is 0 Å². The number of carboxylic acids is 1. The first-order valence-electron chi connectivity index (χ1n) is 8.31. The second kappa shape index (κ2) is 7.99. The molecule has 0 radical (unpaired) electrons. The van der Waals surface area contributed by atoms with E-state index in [-0.39, 0.29) is 12.0 Å². The minimum atomic E-state index is -0.876. The van der Waals surface area contributed by atoms with Crippen molar-refractivity contribution in [2.45, 2.75) is 52.1 Å². The van der Waals surface area contributed by atoms with Crippen LogP contribution in [0.4, 0.5) is 5.69 Å². The van der Waals surface area contributed by atoms with Crippen LogP contribution in [0.25, 0.3) is 0 Å². The Morgan fingerprint density at radius 2 is 2.00 bits per heavy atom. The molecule has 0 spiro atoms. The number of rotatable bonds is 6. The maximum atomic E-state index is 12.5. The lowest BCUT2D eigenvalue weighted by Crippen LogP contribution is -2.36. The first-order valence-corrected chi connectivity index (χ1v) is 8.31. The molecule has 126 valence electrons. The van der Waals surface area contributed by atoms with Gasteiger partial charge < -0.3 is 15.2 Å². The Bertz CT molecular complexity index is 558. The van der Waals surface area contributed by atoms with Gasteiger partial charge in [-0.15, -0.1) is 0 Å². The summed E-state index contributed by atoms with van der Waals surface area (Å²) >= 11 is 0. The predicted molar refractivity (Wildman–Crippen MR) is 88.5 cm³/mol. The van der Waals surface area contributed by atoms with E-state index in [1.54, 1.807) is 12.1 Å². The molecule has 0 heterocycles. The van der Waals surface area contributed by atoms with Crippen LogP contribution in [0, 0.1) is 11.8 Å². The maximum Gasteiger partial charge on any atom is 0.307 e. The van der Waals surface area contributed by atoms with Crippen molar-refractivity contribution in [2.75, 3.05) is 5.32 Å². The molecule has 3 atom stereocenters. The Balaban J connectivity index is 2.04. The van der Waals surface area contributed by atoms with Crippen molar-refractivity contribution in [1.29, 1.82) is 0 Å². The van der Waals surface area contributed by atoms with Crippen LogP contribution in [0.1, 0.15) is 46.0 Å². The van der Waals surface area contributed by atoms with Gasteiger partial charge in [-0.25, -0.2) is 0 Å². The lowest BCUT2D eigenvalue weighted by atomic mass is 9.78. The van der Waals surface area contributed by atoms with Gasteiger partial charge in [0, 0.05) is 11.8 Å². The molecule has 1 fully saturated rings. The van der Waals surface area contributed by atoms with E-state index in [0.717, 1.165) is 19.3 Å². The van der Waals surface area contributed by atoms with Crippen LogP contribution in [0.15, 0.2) is 24.3 Å². The summed E-state index contributed by atoms with van der Waals surface area (Å²) in [5.74, 6) is -1.42. The quantitative estimate of drug-likeness (QED) is 0.838. The van der Waals surface area contributed by atoms with E-state index in [1.165, 1.54) is 0 Å². The minimum absolute atomic E-state index is 0.107. The maximum absolute atomic E-state index is 12.5. The molecule has 1 aromatic carbocycles. The SMILES string of the molecule is CC[C@H](C)Oc1cccc(NC(=O)[C@@H]2CCCC[C@@H]2C(=O)O)c1. The summed E-state index contributed by atoms with van der Waals surface area (Å²) in [7, 11) is 0. The molecule has 1 saturated carbocycles. The highest BCUT2D eigenvalue weighted by Crippen LogP contribution is 2.31. The molecule has 0 bridgehead atoms. The van der Waals surface area contributed by atoms with Crippen LogP contribution in [-0.4, -0.2) is 23.1 Å². The average molecular weight is 319 g/mol. The Morgan fingerprint density at radius 1 is 1.30 bits per heavy atom. The Labute approximate surface area is 137 Å². The normalized spacial score (nSPS) is 22.2. The highest BCUT2D eigenvalue weighted by atomic mass is 16.5. The molecular weight excluding hydrogens is 294 g/mol. The van der Waals surface area contributed by atoms with Crippen LogP contribution >= 0.6 is 0 Å². The fourth-order valence-electron chi connectivity index (χ4n) is 2.94. The van der Waals surface area contributed by atoms with Crippen molar-refractivity contribution in [1.82, 2.24) is 0 Å². The first-order chi connectivity index (χ1) is 11.0. The molecule has 5 heteroatoms. The first kappa shape index (κ1) is 17.3. The molecule has 1 aromatic rings. The second-order valence-corrected chi connectivity index (χ2v) is 6.19. The summed E-state index contributed by atoms with van der Waals surface area (Å²) in [5, 5.41) is 12.1. The molecule has 5 nitrogen and oxygen atoms in total. The number of carbonyl (C=O) groups excluding carboxylic acids is 1. The van der Waals surface area contributed by atoms with Gasteiger partial charge in [-0.2, -0.15) is 0 Å². The lowest BCUT2D eigenvalue weighted by molar-refractivity contribution is -0.147. The summed E-state index contributed by atoms with van der Waals surface area (Å²) in [6, 6.07) is 7.24. The molecule has 1 aliphatic carbocycles. The standard InChI is InChI=1S/C18H25NO4/c1-3-12(2)23-14-8-6-7-13(11-14)19-17(20)15-9-4-5-10-16(15)18(21)22/h6-8,11-12,15-16H,3-5,9-10H2,1-2H3,(H,19,20)(H,21,22)/t12-,15+,16-/m0/s1. The van der Waals surface area contributed by atoms with Gasteiger partial charge in [0.05, 0.1) is 17.9 Å². The molecule has 2 rings (SSSR count). The molecule has 1 aliphatic rings. The van der Waals surface area contributed by atoms with E-state index in [1.807, 2.05) is 26.0 Å². The Morgan fingerprint density at radius 3 is 2.65 bits per heavy atom. The second-order valence-electron chi connectivity index (χ2n) is 6.19. The molecule has 23 heavy (non-hydrogen) atoms. The average Bonchev–Trinajstić information content (AvgIpc) is 2.55. The molecule has 0 saturated heterocycles. The van der Waals surface area contributed by atoms with Gasteiger partial charge in [-0.3, -0.25) is 9.59 Å². The van der Waals surface area contributed by atoms with Gasteiger partial charge in [-0.1, -0.05) is 25.8 Å². The van der Waals surface area contributed by atoms with E-state index < -0.39 is 17.8 Å². The number of benzene rings is 1. The molecule has 0 aromatic heterocycles. The van der Waals surface area contributed by atoms with Crippen molar-refractivity contribution in [3.05, 3.63) is 24.3 Å². The molecular formula is C18H25NO4. The largest absolute Gasteiger partial charge is 0.491 e. The number of nitrogens with one attached hydrogen (secondary N) is 1. The van der Waals surface area contributed by atoms with Crippen molar-refractivity contribution in [2.24, 2.45) is 11.8 Å². The van der Waals surface area contributed by atoms with Gasteiger partial charge in [0.2, 0.25) is 5.91 Å². The van der Waals surface area contributed by atoms with Crippen LogP contribution in [-0.2, 0) is 9.59 Å². The van der Waals surface area contributed by atoms with Gasteiger partial charge in [0.1, 0.15) is 5.75 Å². The predicted octanol–water partition coefficient (Wildman–Crippen LogP) is 3.69. The summed E-state index contributed by atoms with van der Waals surface area (Å²) in [4.78, 5) is 23.8. The van der Waals surface area contributed by atoms with E-state index >= 15 is 0 Å². The number of carbonyl (C=O) groups is 2. The number of hydrogen-bond donors (Lipinski definition) is 2. The molecule has 0 unspecified atom stereocenters. The number of ether oxygens (including phenoxy) is 1. The van der Waals surface area contributed by atoms with Crippen molar-refractivity contribution >= 4 is 17.6 Å². The number of anilines is 1. The lowest BCUT2D eigenvalue weighted by Gasteiger charge is -2.27. The van der Waals surface area contributed by atoms with E-state index in [9.17, 15) is 14.7 Å². The van der Waals surface area contributed by atoms with Crippen molar-refractivity contribution in [3.63, 3.8) is 0 Å². The number of aliphatic carboxylic acids is 1. The minimum Gasteiger partial charge on any atom is -0.491 e. The van der Waals surface area contributed by atoms with Crippen molar-refractivity contribution in [3.8, 4) is 5.75 Å². The third-order valence-electron chi connectivity index (χ3n) is 4.43. The number of hydrogen-bond acceptors (Lipinski definition) is 3. The van der Waals surface area contributed by atoms with Gasteiger partial charge >= 0.3 is 5.97 Å². The summed E-state index contributed by atoms with van der Waals surface area (Å²) in [6.07, 6.45) is 3.99. The smallest absolute Gasteiger partial charge is 0.307 e. The van der Waals surface area contributed by atoms with E-state index in [0.29, 0.717) is 24.3 Å². The molecule has 0 aliphatic heterocycles. The highest BCUT2D eigenvalue weighted by Gasteiger charge is 2.35. The van der Waals surface area contributed by atoms with Crippen molar-refractivity contribution < 1.29 is 19.4 Å². The molecule has 2 N–H and O–H groups in total. The van der Waals surface area contributed by atoms with Crippen LogP contribution in [0.2, 0.25) is 0 Å². The van der Waals surface area contributed by atoms with Gasteiger partial charge in [0.15, 0.2) is 0 Å². The van der Waals surface area contributed by atoms with E-state index in [2.05, 4.69) is 5.32 Å². The van der Waals surface area contributed by atoms with E-state index in [4.69, 9.17) is 4.74 Å². The Kier molecular flexibility index (Phi) is 6.02. The third-order valence-corrected chi connectivity index (χ3v) is 4.43. The van der Waals surface area contributed by atoms with Crippen LogP contribution < -0.4 is 10.1 Å². The van der Waals surface area contributed by atoms with Gasteiger partial charge in [0.25, 0.3) is 0 Å². The zero-order valence-corrected chi connectivity index (χ0v) is 13.7. The zero-order valence-electron chi connectivity index (χ0n) is 13.7. The number of carboxylic acid groups (broad SMARTS) is 1. The molecule has 1 amide bonds. The van der Waals surface area contributed by atoms with Gasteiger partial charge in [-0.05, 0) is 38.3 Å². The monoisotopic (exact) mass is 319 g/mol. The van der Waals surface area contributed by atoms with Crippen LogP contribution in [0.5, 0.6) is 5.75 Å². The highest BCUT2D eigenvalue weighted by molar-refractivity contribution is 5.95. The summed E-state index contributed by atoms with van der Waals surface area (Å²) in [5.41, 5.74) is 0.644. The summed E-state index contributed by atoms with van der Waals surface area (Å²) < 4.78 is 5.75. The third kappa shape index (κ3) is 4.71. The number of amides is 1. The fraction of sp³-hybridized carbons (Fsp3) is 0.556. The Hall–Kier alpha value is -2.04. The zero-order chi connectivity index (χ0) is 16.8. The topological polar surface area (TPSA) is 75.6 Å².